The van der Waals surface area contributed by atoms with Crippen LogP contribution in [0.5, 0.6) is 0 Å². The molecule has 65 heavy (non-hydrogen) atoms. The lowest BCUT2D eigenvalue weighted by atomic mass is 9.85. The molecule has 14 rings (SSSR count). The Morgan fingerprint density at radius 3 is 1.40 bits per heavy atom. The fraction of sp³-hybridized carbons (Fsp3) is 0. The quantitative estimate of drug-likeness (QED) is 0.162. The van der Waals surface area contributed by atoms with Gasteiger partial charge in [-0.2, -0.15) is 0 Å². The van der Waals surface area contributed by atoms with Crippen molar-refractivity contribution in [2.75, 3.05) is 0 Å². The number of hydrogen-bond acceptors (Lipinski definition) is 4. The zero-order valence-corrected chi connectivity index (χ0v) is 35.0. The topological polar surface area (TPSA) is 51.8 Å². The molecule has 0 radical (unpaired) electrons. The summed E-state index contributed by atoms with van der Waals surface area (Å²) in [6.07, 6.45) is 0. The molecule has 0 saturated carbocycles. The molecule has 4 heteroatoms. The van der Waals surface area contributed by atoms with Crippen LogP contribution in [0.3, 0.4) is 0 Å². The molecule has 0 spiro atoms. The lowest BCUT2D eigenvalue weighted by Crippen LogP contribution is -2.00. The van der Waals surface area contributed by atoms with Crippen LogP contribution in [0.1, 0.15) is 0 Å². The summed E-state index contributed by atoms with van der Waals surface area (Å²) in [4.78, 5) is 15.3. The van der Waals surface area contributed by atoms with Crippen LogP contribution in [0.2, 0.25) is 0 Å². The summed E-state index contributed by atoms with van der Waals surface area (Å²) in [6, 6.07) is 76.1. The van der Waals surface area contributed by atoms with Gasteiger partial charge in [-0.25, -0.2) is 15.0 Å². The van der Waals surface area contributed by atoms with Crippen molar-refractivity contribution in [1.82, 2.24) is 15.0 Å². The van der Waals surface area contributed by atoms with Crippen LogP contribution in [-0.4, -0.2) is 15.0 Å². The SMILES string of the molecule is c1ccc(-c2nc(-c3ccc(-c4ccccc4-c4cc5ccc6cccc7c8cccc9ccc%10cccc(c(c4)c5c67)c%10c98)cc3)nc(-c3cccc4c3oc3ccccc34)n2)cc1. The van der Waals surface area contributed by atoms with E-state index in [1.807, 2.05) is 60.7 Å². The molecular weight excluding hydrogens is 791 g/mol. The Labute approximate surface area is 373 Å². The molecule has 0 N–H and O–H groups in total. The minimum absolute atomic E-state index is 0.565. The van der Waals surface area contributed by atoms with Gasteiger partial charge in [-0.15, -0.1) is 0 Å². The highest BCUT2D eigenvalue weighted by Crippen LogP contribution is 2.45. The van der Waals surface area contributed by atoms with E-state index in [4.69, 9.17) is 19.4 Å². The molecule has 0 amide bonds. The maximum Gasteiger partial charge on any atom is 0.167 e. The average molecular weight is 826 g/mol. The molecule has 0 aliphatic rings. The van der Waals surface area contributed by atoms with Crippen LogP contribution >= 0.6 is 0 Å². The molecule has 0 fully saturated rings. The van der Waals surface area contributed by atoms with Crippen LogP contribution < -0.4 is 0 Å². The Bertz CT molecular complexity index is 4220. The van der Waals surface area contributed by atoms with E-state index in [0.717, 1.165) is 49.8 Å². The molecule has 0 saturated heterocycles. The van der Waals surface area contributed by atoms with E-state index < -0.39 is 0 Å². The fourth-order valence-corrected chi connectivity index (χ4v) is 10.5. The predicted octanol–water partition coefficient (Wildman–Crippen LogP) is 16.5. The van der Waals surface area contributed by atoms with Gasteiger partial charge in [0.1, 0.15) is 11.2 Å². The van der Waals surface area contributed by atoms with Crippen molar-refractivity contribution in [3.05, 3.63) is 212 Å². The van der Waals surface area contributed by atoms with Crippen molar-refractivity contribution >= 4 is 86.6 Å². The first-order valence-electron chi connectivity index (χ1n) is 22.1. The highest BCUT2D eigenvalue weighted by molar-refractivity contribution is 6.37. The predicted molar refractivity (Wildman–Crippen MR) is 271 cm³/mol. The Kier molecular flexibility index (Phi) is 7.65. The molecule has 0 atom stereocenters. The van der Waals surface area contributed by atoms with Crippen molar-refractivity contribution in [3.8, 4) is 56.4 Å². The maximum absolute atomic E-state index is 6.45. The second kappa shape index (κ2) is 13.9. The standard InChI is InChI=1S/C61H35N3O/c1-2-12-40(13-3-1)59-62-60(64-61(63-59)51-24-11-23-50-46-19-6-7-25-53(46)65-58(50)51)41-31-26-36(27-32-41)44-17-4-5-18-45(44)43-34-42-33-30-39-15-9-21-48-47-20-8-14-37-28-29-38-16-10-22-49(56(38)54(37)47)52(35-43)57(42)55(39)48/h1-35H. The van der Waals surface area contributed by atoms with Crippen molar-refractivity contribution < 1.29 is 4.42 Å². The van der Waals surface area contributed by atoms with E-state index in [2.05, 4.69) is 152 Å². The number of benzene rings is 11. The molecule has 0 aliphatic heterocycles. The summed E-state index contributed by atoms with van der Waals surface area (Å²) >= 11 is 0. The first kappa shape index (κ1) is 35.8. The molecule has 12 aromatic carbocycles. The number of fused-ring (bicyclic) bond motifs is 5. The summed E-state index contributed by atoms with van der Waals surface area (Å²) in [5.41, 5.74) is 8.85. The van der Waals surface area contributed by atoms with Gasteiger partial charge in [-0.3, -0.25) is 0 Å². The Balaban J connectivity index is 0.942. The summed E-state index contributed by atoms with van der Waals surface area (Å²) in [7, 11) is 0. The summed E-state index contributed by atoms with van der Waals surface area (Å²) in [5, 5.41) is 17.4. The highest BCUT2D eigenvalue weighted by Gasteiger charge is 2.20. The van der Waals surface area contributed by atoms with Gasteiger partial charge >= 0.3 is 0 Å². The van der Waals surface area contributed by atoms with E-state index >= 15 is 0 Å². The number of para-hydroxylation sites is 2. The fourth-order valence-electron chi connectivity index (χ4n) is 10.5. The van der Waals surface area contributed by atoms with E-state index in [-0.39, 0.29) is 0 Å². The highest BCUT2D eigenvalue weighted by atomic mass is 16.3. The third-order valence-electron chi connectivity index (χ3n) is 13.4. The van der Waals surface area contributed by atoms with E-state index in [9.17, 15) is 0 Å². The van der Waals surface area contributed by atoms with Gasteiger partial charge in [0.2, 0.25) is 0 Å². The molecule has 4 nitrogen and oxygen atoms in total. The van der Waals surface area contributed by atoms with Gasteiger partial charge in [0, 0.05) is 21.9 Å². The maximum atomic E-state index is 6.45. The lowest BCUT2D eigenvalue weighted by Gasteiger charge is -2.18. The van der Waals surface area contributed by atoms with E-state index in [0.29, 0.717) is 17.5 Å². The van der Waals surface area contributed by atoms with Gasteiger partial charge in [0.25, 0.3) is 0 Å². The van der Waals surface area contributed by atoms with Crippen molar-refractivity contribution in [2.24, 2.45) is 0 Å². The average Bonchev–Trinajstić information content (AvgIpc) is 3.76. The Hall–Kier alpha value is -8.73. The second-order valence-corrected chi connectivity index (χ2v) is 17.0. The summed E-state index contributed by atoms with van der Waals surface area (Å²) in [5.74, 6) is 1.77. The Morgan fingerprint density at radius 1 is 0.262 bits per heavy atom. The van der Waals surface area contributed by atoms with E-state index in [1.54, 1.807) is 0 Å². The van der Waals surface area contributed by atoms with Gasteiger partial charge in [0.15, 0.2) is 17.5 Å². The van der Waals surface area contributed by atoms with Crippen LogP contribution in [-0.2, 0) is 0 Å². The number of aromatic nitrogens is 3. The molecular formula is C61H35N3O. The first-order valence-corrected chi connectivity index (χ1v) is 22.1. The Morgan fingerprint density at radius 2 is 0.723 bits per heavy atom. The molecule has 14 aromatic rings. The number of nitrogens with zero attached hydrogens (tertiary/aromatic N) is 3. The minimum Gasteiger partial charge on any atom is -0.455 e. The zero-order chi connectivity index (χ0) is 42.6. The minimum atomic E-state index is 0.565. The van der Waals surface area contributed by atoms with Crippen molar-refractivity contribution in [1.29, 1.82) is 0 Å². The lowest BCUT2D eigenvalue weighted by molar-refractivity contribution is 0.669. The van der Waals surface area contributed by atoms with Crippen LogP contribution in [0, 0.1) is 0 Å². The van der Waals surface area contributed by atoms with E-state index in [1.165, 1.54) is 75.8 Å². The van der Waals surface area contributed by atoms with Crippen LogP contribution in [0.15, 0.2) is 217 Å². The largest absolute Gasteiger partial charge is 0.455 e. The smallest absolute Gasteiger partial charge is 0.167 e. The molecule has 2 aromatic heterocycles. The molecule has 0 unspecified atom stereocenters. The molecule has 0 aliphatic carbocycles. The van der Waals surface area contributed by atoms with Crippen molar-refractivity contribution in [3.63, 3.8) is 0 Å². The van der Waals surface area contributed by atoms with Crippen LogP contribution in [0.4, 0.5) is 0 Å². The van der Waals surface area contributed by atoms with Crippen LogP contribution in [0.25, 0.3) is 143 Å². The second-order valence-electron chi connectivity index (χ2n) is 17.0. The molecule has 300 valence electrons. The zero-order valence-electron chi connectivity index (χ0n) is 35.0. The van der Waals surface area contributed by atoms with Gasteiger partial charge in [0.05, 0.1) is 5.56 Å². The third-order valence-corrected chi connectivity index (χ3v) is 13.4. The van der Waals surface area contributed by atoms with Gasteiger partial charge < -0.3 is 4.42 Å². The molecule has 0 bridgehead atoms. The normalized spacial score (nSPS) is 12.0. The first-order chi connectivity index (χ1) is 32.2. The monoisotopic (exact) mass is 825 g/mol. The third kappa shape index (κ3) is 5.47. The number of hydrogen-bond donors (Lipinski definition) is 0. The van der Waals surface area contributed by atoms with Crippen molar-refractivity contribution in [2.45, 2.75) is 0 Å². The summed E-state index contributed by atoms with van der Waals surface area (Å²) < 4.78 is 6.45. The molecule has 2 heterocycles. The number of furan rings is 1. The number of rotatable bonds is 5. The summed E-state index contributed by atoms with van der Waals surface area (Å²) in [6.45, 7) is 0. The van der Waals surface area contributed by atoms with Gasteiger partial charge in [-0.1, -0.05) is 188 Å². The van der Waals surface area contributed by atoms with Gasteiger partial charge in [-0.05, 0) is 111 Å².